The summed E-state index contributed by atoms with van der Waals surface area (Å²) in [6.07, 6.45) is -5.68. The predicted octanol–water partition coefficient (Wildman–Crippen LogP) is -1.10. The minimum atomic E-state index is -4.83. The van der Waals surface area contributed by atoms with E-state index >= 15 is 0 Å². The highest BCUT2D eigenvalue weighted by atomic mass is 32.3. The van der Waals surface area contributed by atoms with Crippen molar-refractivity contribution in [3.63, 3.8) is 0 Å². The van der Waals surface area contributed by atoms with Crippen molar-refractivity contribution < 1.29 is 42.4 Å². The summed E-state index contributed by atoms with van der Waals surface area (Å²) in [5.41, 5.74) is -0.444. The molecule has 1 aliphatic rings. The number of thioether (sulfide) groups is 1. The SMILES string of the molecule is O=S(=O)(O)O/N=C(\Cc1ccccc1)S[C@H]1O[C@@H](CO)[C@@H](O)[C@@H](O)[C@H]1O. The minimum absolute atomic E-state index is 0.0122. The van der Waals surface area contributed by atoms with Crippen molar-refractivity contribution in [3.05, 3.63) is 35.9 Å². The first-order valence-electron chi connectivity index (χ1n) is 7.45. The van der Waals surface area contributed by atoms with Gasteiger partial charge in [0.1, 0.15) is 34.9 Å². The van der Waals surface area contributed by atoms with Crippen LogP contribution in [0.3, 0.4) is 0 Å². The molecule has 1 aromatic carbocycles. The largest absolute Gasteiger partial charge is 0.466 e. The van der Waals surface area contributed by atoms with Crippen molar-refractivity contribution in [3.8, 4) is 0 Å². The molecule has 0 saturated carbocycles. The Balaban J connectivity index is 2.19. The first kappa shape index (κ1) is 21.1. The van der Waals surface area contributed by atoms with E-state index < -0.39 is 46.9 Å². The molecule has 1 aromatic rings. The zero-order valence-corrected chi connectivity index (χ0v) is 15.0. The van der Waals surface area contributed by atoms with Crippen molar-refractivity contribution in [2.75, 3.05) is 6.61 Å². The van der Waals surface area contributed by atoms with Crippen LogP contribution in [0.1, 0.15) is 5.56 Å². The van der Waals surface area contributed by atoms with Gasteiger partial charge in [-0.25, -0.2) is 4.28 Å². The van der Waals surface area contributed by atoms with Crippen LogP contribution in [0.2, 0.25) is 0 Å². The predicted molar refractivity (Wildman–Crippen MR) is 91.6 cm³/mol. The molecule has 1 aliphatic heterocycles. The van der Waals surface area contributed by atoms with Gasteiger partial charge in [0.05, 0.1) is 6.61 Å². The number of benzene rings is 1. The summed E-state index contributed by atoms with van der Waals surface area (Å²) < 4.78 is 39.6. The molecule has 146 valence electrons. The van der Waals surface area contributed by atoms with Crippen LogP contribution < -0.4 is 0 Å². The molecule has 0 unspecified atom stereocenters. The number of aliphatic hydroxyl groups is 4. The topological polar surface area (TPSA) is 166 Å². The quantitative estimate of drug-likeness (QED) is 0.168. The zero-order chi connectivity index (χ0) is 19.3. The minimum Gasteiger partial charge on any atom is -0.394 e. The van der Waals surface area contributed by atoms with Gasteiger partial charge in [-0.05, 0) is 5.56 Å². The highest BCUT2D eigenvalue weighted by molar-refractivity contribution is 8.14. The van der Waals surface area contributed by atoms with E-state index in [1.54, 1.807) is 30.3 Å². The lowest BCUT2D eigenvalue weighted by Crippen LogP contribution is -2.57. The van der Waals surface area contributed by atoms with Gasteiger partial charge in [0.2, 0.25) is 0 Å². The number of oxime groups is 1. The highest BCUT2D eigenvalue weighted by Gasteiger charge is 2.44. The summed E-state index contributed by atoms with van der Waals surface area (Å²) in [5, 5.41) is 42.2. The van der Waals surface area contributed by atoms with Crippen LogP contribution in [0.5, 0.6) is 0 Å². The molecule has 0 bridgehead atoms. The molecular formula is C14H19NO9S2. The van der Waals surface area contributed by atoms with E-state index in [9.17, 15) is 28.8 Å². The van der Waals surface area contributed by atoms with Gasteiger partial charge in [0.15, 0.2) is 0 Å². The molecule has 2 rings (SSSR count). The zero-order valence-electron chi connectivity index (χ0n) is 13.3. The number of hydrogen-bond acceptors (Lipinski definition) is 10. The second-order valence-electron chi connectivity index (χ2n) is 5.46. The van der Waals surface area contributed by atoms with Crippen molar-refractivity contribution in [2.24, 2.45) is 5.16 Å². The summed E-state index contributed by atoms with van der Waals surface area (Å²) in [4.78, 5) is 0. The van der Waals surface area contributed by atoms with Gasteiger partial charge in [-0.15, -0.1) is 0 Å². The van der Waals surface area contributed by atoms with Gasteiger partial charge >= 0.3 is 10.4 Å². The average molecular weight is 409 g/mol. The van der Waals surface area contributed by atoms with Crippen molar-refractivity contribution >= 4 is 27.2 Å². The van der Waals surface area contributed by atoms with Gasteiger partial charge in [0.25, 0.3) is 0 Å². The second kappa shape index (κ2) is 9.10. The van der Waals surface area contributed by atoms with Crippen molar-refractivity contribution in [1.29, 1.82) is 0 Å². The van der Waals surface area contributed by atoms with Crippen LogP contribution >= 0.6 is 11.8 Å². The van der Waals surface area contributed by atoms with Gasteiger partial charge in [0, 0.05) is 6.42 Å². The van der Waals surface area contributed by atoms with E-state index in [0.717, 1.165) is 17.3 Å². The van der Waals surface area contributed by atoms with Crippen molar-refractivity contribution in [2.45, 2.75) is 36.3 Å². The Morgan fingerprint density at radius 1 is 1.15 bits per heavy atom. The average Bonchev–Trinajstić information content (AvgIpc) is 2.60. The molecule has 26 heavy (non-hydrogen) atoms. The standard InChI is InChI=1S/C14H19NO9S2/c16-7-9-11(17)12(18)13(19)14(23-9)25-10(15-24-26(20,21)22)6-8-4-2-1-3-5-8/h1-5,9,11-14,16-19H,6-7H2,(H,20,21,22)/b15-10+/t9-,11+,12+,13+,14+/m0/s1. The molecule has 1 heterocycles. The number of ether oxygens (including phenoxy) is 1. The fraction of sp³-hybridized carbons (Fsp3) is 0.500. The lowest BCUT2D eigenvalue weighted by Gasteiger charge is -2.39. The number of rotatable bonds is 6. The maximum atomic E-state index is 10.8. The normalized spacial score (nSPS) is 30.2. The summed E-state index contributed by atoms with van der Waals surface area (Å²) >= 11 is 0.729. The van der Waals surface area contributed by atoms with Crippen LogP contribution in [0, 0.1) is 0 Å². The molecule has 12 heteroatoms. The maximum absolute atomic E-state index is 10.8. The Morgan fingerprint density at radius 3 is 2.38 bits per heavy atom. The van der Waals surface area contributed by atoms with E-state index in [1.165, 1.54) is 0 Å². The van der Waals surface area contributed by atoms with Gasteiger partial charge < -0.3 is 25.2 Å². The third kappa shape index (κ3) is 5.89. The number of nitrogens with zero attached hydrogens (tertiary/aromatic N) is 1. The van der Waals surface area contributed by atoms with E-state index in [-0.39, 0.29) is 11.5 Å². The van der Waals surface area contributed by atoms with Gasteiger partial charge in [-0.1, -0.05) is 47.2 Å². The molecule has 0 spiro atoms. The fourth-order valence-corrected chi connectivity index (χ4v) is 3.58. The maximum Gasteiger partial charge on any atom is 0.466 e. The van der Waals surface area contributed by atoms with E-state index in [0.29, 0.717) is 0 Å². The van der Waals surface area contributed by atoms with Crippen LogP contribution in [-0.2, 0) is 25.8 Å². The lowest BCUT2D eigenvalue weighted by molar-refractivity contribution is -0.205. The Labute approximate surface area is 154 Å². The number of hydrogen-bond donors (Lipinski definition) is 5. The van der Waals surface area contributed by atoms with Crippen LogP contribution in [0.25, 0.3) is 0 Å². The Bertz CT molecular complexity index is 710. The Kier molecular flexibility index (Phi) is 7.37. The smallest absolute Gasteiger partial charge is 0.394 e. The van der Waals surface area contributed by atoms with Crippen LogP contribution in [0.15, 0.2) is 35.5 Å². The molecule has 1 fully saturated rings. The fourth-order valence-electron chi connectivity index (χ4n) is 2.25. The lowest BCUT2D eigenvalue weighted by atomic mass is 10.0. The van der Waals surface area contributed by atoms with Gasteiger partial charge in [-0.3, -0.25) is 4.55 Å². The third-order valence-electron chi connectivity index (χ3n) is 3.53. The number of aliphatic hydroxyl groups excluding tert-OH is 4. The monoisotopic (exact) mass is 409 g/mol. The molecule has 0 aromatic heterocycles. The van der Waals surface area contributed by atoms with E-state index in [1.807, 2.05) is 0 Å². The first-order valence-corrected chi connectivity index (χ1v) is 9.69. The summed E-state index contributed by atoms with van der Waals surface area (Å²) in [7, 11) is -4.83. The molecule has 10 nitrogen and oxygen atoms in total. The Hall–Kier alpha value is -1.25. The highest BCUT2D eigenvalue weighted by Crippen LogP contribution is 2.30. The third-order valence-corrected chi connectivity index (χ3v) is 4.91. The summed E-state index contributed by atoms with van der Waals surface area (Å²) in [5.74, 6) is 0. The van der Waals surface area contributed by atoms with Crippen LogP contribution in [-0.4, -0.2) is 74.9 Å². The molecule has 5 atom stereocenters. The molecule has 0 aliphatic carbocycles. The summed E-state index contributed by atoms with van der Waals surface area (Å²) in [6, 6.07) is 8.73. The molecule has 5 N–H and O–H groups in total. The molecular weight excluding hydrogens is 390 g/mol. The first-order chi connectivity index (χ1) is 12.2. The molecule has 0 amide bonds. The summed E-state index contributed by atoms with van der Waals surface area (Å²) in [6.45, 7) is -0.602. The van der Waals surface area contributed by atoms with Crippen LogP contribution in [0.4, 0.5) is 0 Å². The van der Waals surface area contributed by atoms with E-state index in [2.05, 4.69) is 9.44 Å². The van der Waals surface area contributed by atoms with Crippen molar-refractivity contribution in [1.82, 2.24) is 0 Å². The Morgan fingerprint density at radius 2 is 1.81 bits per heavy atom. The molecule has 0 radical (unpaired) electrons. The van der Waals surface area contributed by atoms with Gasteiger partial charge in [-0.2, -0.15) is 8.42 Å². The second-order valence-corrected chi connectivity index (χ2v) is 7.64. The van der Waals surface area contributed by atoms with E-state index in [4.69, 9.17) is 9.29 Å². The molecule has 1 saturated heterocycles.